The van der Waals surface area contributed by atoms with Gasteiger partial charge in [0, 0.05) is 63.4 Å². The summed E-state index contributed by atoms with van der Waals surface area (Å²) in [5, 5.41) is 13.6. The van der Waals surface area contributed by atoms with Crippen LogP contribution in [0.15, 0.2) is 24.8 Å². The minimum Gasteiger partial charge on any atom is -0.353 e. The summed E-state index contributed by atoms with van der Waals surface area (Å²) < 4.78 is 2.01. The van der Waals surface area contributed by atoms with Crippen LogP contribution in [-0.2, 0) is 13.1 Å². The molecule has 0 spiro atoms. The normalized spacial score (nSPS) is 15.9. The van der Waals surface area contributed by atoms with E-state index in [4.69, 9.17) is 0 Å². The van der Waals surface area contributed by atoms with Gasteiger partial charge >= 0.3 is 0 Å². The van der Waals surface area contributed by atoms with Crippen LogP contribution in [0.3, 0.4) is 0 Å². The first kappa shape index (κ1) is 16.4. The molecular weight excluding hydrogens is 302 g/mol. The van der Waals surface area contributed by atoms with Crippen molar-refractivity contribution >= 4 is 5.82 Å². The van der Waals surface area contributed by atoms with E-state index < -0.39 is 0 Å². The SMILES string of the molecule is CCCn1cc(CN2CCCN(c3nccnc3C#N)CC2)cn1. The highest BCUT2D eigenvalue weighted by molar-refractivity contribution is 5.49. The topological polar surface area (TPSA) is 73.9 Å². The first-order valence-electron chi connectivity index (χ1n) is 8.50. The lowest BCUT2D eigenvalue weighted by atomic mass is 10.3. The van der Waals surface area contributed by atoms with E-state index in [0.29, 0.717) is 11.5 Å². The van der Waals surface area contributed by atoms with Crippen LogP contribution in [0.4, 0.5) is 5.82 Å². The maximum Gasteiger partial charge on any atom is 0.183 e. The van der Waals surface area contributed by atoms with E-state index in [-0.39, 0.29) is 0 Å². The highest BCUT2D eigenvalue weighted by Crippen LogP contribution is 2.17. The second kappa shape index (κ2) is 7.88. The lowest BCUT2D eigenvalue weighted by Crippen LogP contribution is -2.31. The number of aromatic nitrogens is 4. The molecule has 0 saturated carbocycles. The summed E-state index contributed by atoms with van der Waals surface area (Å²) in [5.41, 5.74) is 1.67. The first-order valence-corrected chi connectivity index (χ1v) is 8.50. The third-order valence-electron chi connectivity index (χ3n) is 4.22. The van der Waals surface area contributed by atoms with E-state index in [2.05, 4.69) is 44.1 Å². The average molecular weight is 325 g/mol. The average Bonchev–Trinajstić information content (AvgIpc) is 2.91. The second-order valence-corrected chi connectivity index (χ2v) is 6.07. The fraction of sp³-hybridized carbons (Fsp3) is 0.529. The van der Waals surface area contributed by atoms with Gasteiger partial charge in [-0.2, -0.15) is 10.4 Å². The lowest BCUT2D eigenvalue weighted by molar-refractivity contribution is 0.285. The predicted molar refractivity (Wildman–Crippen MR) is 91.4 cm³/mol. The second-order valence-electron chi connectivity index (χ2n) is 6.07. The summed E-state index contributed by atoms with van der Waals surface area (Å²) in [4.78, 5) is 13.1. The summed E-state index contributed by atoms with van der Waals surface area (Å²) >= 11 is 0. The third kappa shape index (κ3) is 3.89. The molecular formula is C17H23N7. The van der Waals surface area contributed by atoms with Gasteiger partial charge in [-0.15, -0.1) is 0 Å². The molecule has 1 aliphatic rings. The van der Waals surface area contributed by atoms with E-state index in [0.717, 1.165) is 52.1 Å². The van der Waals surface area contributed by atoms with Crippen molar-refractivity contribution in [3.8, 4) is 6.07 Å². The molecule has 24 heavy (non-hydrogen) atoms. The van der Waals surface area contributed by atoms with Crippen LogP contribution in [-0.4, -0.2) is 50.8 Å². The van der Waals surface area contributed by atoms with Crippen molar-refractivity contribution in [3.63, 3.8) is 0 Å². The summed E-state index contributed by atoms with van der Waals surface area (Å²) in [5.74, 6) is 0.706. The van der Waals surface area contributed by atoms with E-state index >= 15 is 0 Å². The Hall–Kier alpha value is -2.46. The van der Waals surface area contributed by atoms with Crippen LogP contribution in [0.2, 0.25) is 0 Å². The molecule has 7 nitrogen and oxygen atoms in total. The number of nitriles is 1. The zero-order valence-electron chi connectivity index (χ0n) is 14.1. The molecule has 0 aromatic carbocycles. The molecule has 0 unspecified atom stereocenters. The molecule has 126 valence electrons. The van der Waals surface area contributed by atoms with Gasteiger partial charge in [0.15, 0.2) is 11.5 Å². The Bertz CT molecular complexity index is 703. The van der Waals surface area contributed by atoms with Gasteiger partial charge in [0.25, 0.3) is 0 Å². The minimum atomic E-state index is 0.409. The smallest absolute Gasteiger partial charge is 0.183 e. The molecule has 0 atom stereocenters. The molecule has 0 radical (unpaired) electrons. The van der Waals surface area contributed by atoms with Crippen molar-refractivity contribution in [2.75, 3.05) is 31.1 Å². The maximum atomic E-state index is 9.21. The molecule has 3 heterocycles. The molecule has 2 aromatic rings. The van der Waals surface area contributed by atoms with Crippen molar-refractivity contribution < 1.29 is 0 Å². The Labute approximate surface area is 142 Å². The number of aryl methyl sites for hydroxylation is 1. The van der Waals surface area contributed by atoms with Crippen molar-refractivity contribution in [2.24, 2.45) is 0 Å². The van der Waals surface area contributed by atoms with E-state index in [1.807, 2.05) is 10.9 Å². The van der Waals surface area contributed by atoms with Crippen LogP contribution >= 0.6 is 0 Å². The summed E-state index contributed by atoms with van der Waals surface area (Å²) in [7, 11) is 0. The molecule has 1 saturated heterocycles. The van der Waals surface area contributed by atoms with Gasteiger partial charge in [-0.1, -0.05) is 6.92 Å². The van der Waals surface area contributed by atoms with Gasteiger partial charge < -0.3 is 4.90 Å². The molecule has 0 N–H and O–H groups in total. The van der Waals surface area contributed by atoms with Crippen LogP contribution in [0.5, 0.6) is 0 Å². The number of anilines is 1. The summed E-state index contributed by atoms with van der Waals surface area (Å²) in [6.45, 7) is 7.79. The van der Waals surface area contributed by atoms with Gasteiger partial charge in [0.1, 0.15) is 6.07 Å². The van der Waals surface area contributed by atoms with Gasteiger partial charge in [0.05, 0.1) is 6.20 Å². The molecule has 1 fully saturated rings. The van der Waals surface area contributed by atoms with Crippen LogP contribution in [0, 0.1) is 11.3 Å². The molecule has 0 aliphatic carbocycles. The van der Waals surface area contributed by atoms with Gasteiger partial charge in [-0.05, 0) is 12.8 Å². The zero-order chi connectivity index (χ0) is 16.8. The maximum absolute atomic E-state index is 9.21. The quantitative estimate of drug-likeness (QED) is 0.832. The van der Waals surface area contributed by atoms with Crippen LogP contribution < -0.4 is 4.90 Å². The molecule has 3 rings (SSSR count). The minimum absolute atomic E-state index is 0.409. The summed E-state index contributed by atoms with van der Waals surface area (Å²) in [6.07, 6.45) is 9.47. The fourth-order valence-corrected chi connectivity index (χ4v) is 3.08. The Morgan fingerprint density at radius 3 is 2.88 bits per heavy atom. The number of hydrogen-bond acceptors (Lipinski definition) is 6. The van der Waals surface area contributed by atoms with Crippen molar-refractivity contribution in [2.45, 2.75) is 32.9 Å². The van der Waals surface area contributed by atoms with E-state index in [9.17, 15) is 5.26 Å². The number of rotatable bonds is 5. The largest absolute Gasteiger partial charge is 0.353 e. The third-order valence-corrected chi connectivity index (χ3v) is 4.22. The van der Waals surface area contributed by atoms with Gasteiger partial charge in [0.2, 0.25) is 0 Å². The standard InChI is InChI=1S/C17H23N7/c1-2-6-24-14-15(12-21-24)13-22-7-3-8-23(10-9-22)17-16(11-18)19-4-5-20-17/h4-5,12,14H,2-3,6-10,13H2,1H3. The van der Waals surface area contributed by atoms with E-state index in [1.165, 1.54) is 5.56 Å². The number of nitrogens with zero attached hydrogens (tertiary/aromatic N) is 7. The van der Waals surface area contributed by atoms with Crippen molar-refractivity contribution in [3.05, 3.63) is 36.0 Å². The summed E-state index contributed by atoms with van der Waals surface area (Å²) in [6, 6.07) is 2.14. The highest BCUT2D eigenvalue weighted by atomic mass is 15.3. The Balaban J connectivity index is 1.61. The van der Waals surface area contributed by atoms with Gasteiger partial charge in [-0.3, -0.25) is 9.58 Å². The predicted octanol–water partition coefficient (Wildman–Crippen LogP) is 1.67. The molecule has 0 amide bonds. The van der Waals surface area contributed by atoms with Crippen LogP contribution in [0.25, 0.3) is 0 Å². The highest BCUT2D eigenvalue weighted by Gasteiger charge is 2.19. The Morgan fingerprint density at radius 2 is 2.04 bits per heavy atom. The molecule has 2 aromatic heterocycles. The monoisotopic (exact) mass is 325 g/mol. The molecule has 1 aliphatic heterocycles. The lowest BCUT2D eigenvalue weighted by Gasteiger charge is -2.22. The van der Waals surface area contributed by atoms with Crippen LogP contribution in [0.1, 0.15) is 31.0 Å². The van der Waals surface area contributed by atoms with Gasteiger partial charge in [-0.25, -0.2) is 9.97 Å². The Morgan fingerprint density at radius 1 is 1.17 bits per heavy atom. The zero-order valence-corrected chi connectivity index (χ0v) is 14.1. The molecule has 0 bridgehead atoms. The van der Waals surface area contributed by atoms with E-state index in [1.54, 1.807) is 12.4 Å². The number of hydrogen-bond donors (Lipinski definition) is 0. The first-order chi connectivity index (χ1) is 11.8. The fourth-order valence-electron chi connectivity index (χ4n) is 3.08. The Kier molecular flexibility index (Phi) is 5.39. The molecule has 7 heteroatoms. The van der Waals surface area contributed by atoms with Crippen molar-refractivity contribution in [1.29, 1.82) is 5.26 Å². The van der Waals surface area contributed by atoms with Crippen molar-refractivity contribution in [1.82, 2.24) is 24.6 Å².